The fourth-order valence-electron chi connectivity index (χ4n) is 1.66. The number of carbonyl (C=O) groups is 1. The van der Waals surface area contributed by atoms with Crippen LogP contribution in [0.2, 0.25) is 5.02 Å². The minimum absolute atomic E-state index is 0.0774. The molecule has 2 aromatic rings. The molecule has 20 heavy (non-hydrogen) atoms. The van der Waals surface area contributed by atoms with E-state index in [-0.39, 0.29) is 5.91 Å². The molecule has 6 heteroatoms. The SMILES string of the molecule is Cn1ccc(NC(=O)CCCOc2ccccc2Cl)n1. The van der Waals surface area contributed by atoms with E-state index in [1.54, 1.807) is 36.1 Å². The lowest BCUT2D eigenvalue weighted by Crippen LogP contribution is -2.13. The molecule has 0 bridgehead atoms. The van der Waals surface area contributed by atoms with Gasteiger partial charge >= 0.3 is 0 Å². The zero-order valence-electron chi connectivity index (χ0n) is 11.2. The third-order valence-electron chi connectivity index (χ3n) is 2.62. The number of para-hydroxylation sites is 1. The van der Waals surface area contributed by atoms with Gasteiger partial charge in [0.05, 0.1) is 11.6 Å². The Labute approximate surface area is 122 Å². The second-order valence-corrected chi connectivity index (χ2v) is 4.71. The Bertz CT molecular complexity index is 583. The summed E-state index contributed by atoms with van der Waals surface area (Å²) in [6.07, 6.45) is 2.76. The van der Waals surface area contributed by atoms with E-state index in [0.29, 0.717) is 36.0 Å². The van der Waals surface area contributed by atoms with Crippen LogP contribution in [-0.4, -0.2) is 22.3 Å². The van der Waals surface area contributed by atoms with Crippen molar-refractivity contribution < 1.29 is 9.53 Å². The maximum atomic E-state index is 11.7. The van der Waals surface area contributed by atoms with E-state index in [9.17, 15) is 4.79 Å². The highest BCUT2D eigenvalue weighted by Gasteiger charge is 2.05. The van der Waals surface area contributed by atoms with Crippen molar-refractivity contribution in [3.63, 3.8) is 0 Å². The smallest absolute Gasteiger partial charge is 0.225 e. The van der Waals surface area contributed by atoms with E-state index in [2.05, 4.69) is 10.4 Å². The van der Waals surface area contributed by atoms with Gasteiger partial charge in [0.2, 0.25) is 5.91 Å². The number of aryl methyl sites for hydroxylation is 1. The van der Waals surface area contributed by atoms with E-state index in [4.69, 9.17) is 16.3 Å². The molecule has 0 spiro atoms. The van der Waals surface area contributed by atoms with Gasteiger partial charge in [-0.15, -0.1) is 0 Å². The Kier molecular flexibility index (Phi) is 5.01. The summed E-state index contributed by atoms with van der Waals surface area (Å²) >= 11 is 5.96. The van der Waals surface area contributed by atoms with Crippen LogP contribution >= 0.6 is 11.6 Å². The highest BCUT2D eigenvalue weighted by atomic mass is 35.5. The first-order valence-corrected chi connectivity index (χ1v) is 6.70. The van der Waals surface area contributed by atoms with Crippen LogP contribution in [0.25, 0.3) is 0 Å². The van der Waals surface area contributed by atoms with E-state index in [1.165, 1.54) is 0 Å². The number of ether oxygens (including phenoxy) is 1. The summed E-state index contributed by atoms with van der Waals surface area (Å²) < 4.78 is 7.14. The van der Waals surface area contributed by atoms with E-state index in [0.717, 1.165) is 0 Å². The van der Waals surface area contributed by atoms with Gasteiger partial charge in [0.1, 0.15) is 5.75 Å². The van der Waals surface area contributed by atoms with Gasteiger partial charge in [0.25, 0.3) is 0 Å². The van der Waals surface area contributed by atoms with E-state index < -0.39 is 0 Å². The molecule has 0 radical (unpaired) electrons. The third kappa shape index (κ3) is 4.28. The maximum Gasteiger partial charge on any atom is 0.225 e. The number of nitrogens with one attached hydrogen (secondary N) is 1. The second kappa shape index (κ2) is 6.96. The van der Waals surface area contributed by atoms with Gasteiger partial charge in [-0.1, -0.05) is 23.7 Å². The van der Waals surface area contributed by atoms with Crippen LogP contribution in [-0.2, 0) is 11.8 Å². The number of hydrogen-bond acceptors (Lipinski definition) is 3. The van der Waals surface area contributed by atoms with Crippen LogP contribution in [0.4, 0.5) is 5.82 Å². The molecule has 0 aliphatic rings. The van der Waals surface area contributed by atoms with Gasteiger partial charge < -0.3 is 10.1 Å². The topological polar surface area (TPSA) is 56.2 Å². The lowest BCUT2D eigenvalue weighted by molar-refractivity contribution is -0.116. The monoisotopic (exact) mass is 293 g/mol. The van der Waals surface area contributed by atoms with Crippen LogP contribution in [0.3, 0.4) is 0 Å². The molecular weight excluding hydrogens is 278 g/mol. The summed E-state index contributed by atoms with van der Waals surface area (Å²) in [6.45, 7) is 0.444. The minimum atomic E-state index is -0.0774. The van der Waals surface area contributed by atoms with Crippen LogP contribution < -0.4 is 10.1 Å². The molecule has 0 atom stereocenters. The first-order chi connectivity index (χ1) is 9.65. The molecule has 1 heterocycles. The second-order valence-electron chi connectivity index (χ2n) is 4.31. The fraction of sp³-hybridized carbons (Fsp3) is 0.286. The highest BCUT2D eigenvalue weighted by molar-refractivity contribution is 6.32. The van der Waals surface area contributed by atoms with Crippen molar-refractivity contribution >= 4 is 23.3 Å². The first-order valence-electron chi connectivity index (χ1n) is 6.32. The predicted octanol–water partition coefficient (Wildman–Crippen LogP) is 2.87. The van der Waals surface area contributed by atoms with Crippen molar-refractivity contribution in [2.24, 2.45) is 7.05 Å². The van der Waals surface area contributed by atoms with Crippen LogP contribution in [0.15, 0.2) is 36.5 Å². The number of halogens is 1. The van der Waals surface area contributed by atoms with Crippen molar-refractivity contribution in [2.45, 2.75) is 12.8 Å². The zero-order valence-corrected chi connectivity index (χ0v) is 11.9. The van der Waals surface area contributed by atoms with E-state index in [1.807, 2.05) is 12.1 Å². The zero-order chi connectivity index (χ0) is 14.4. The summed E-state index contributed by atoms with van der Waals surface area (Å²) in [5, 5.41) is 7.37. The number of rotatable bonds is 6. The minimum Gasteiger partial charge on any atom is -0.492 e. The molecule has 1 aromatic heterocycles. The Morgan fingerprint density at radius 1 is 1.40 bits per heavy atom. The molecule has 106 valence electrons. The fourth-order valence-corrected chi connectivity index (χ4v) is 1.85. The summed E-state index contributed by atoms with van der Waals surface area (Å²) in [5.74, 6) is 1.12. The normalized spacial score (nSPS) is 10.3. The number of benzene rings is 1. The molecule has 5 nitrogen and oxygen atoms in total. The molecule has 0 aliphatic carbocycles. The predicted molar refractivity (Wildman–Crippen MR) is 78.0 cm³/mol. The molecule has 1 amide bonds. The molecule has 1 aromatic carbocycles. The lowest BCUT2D eigenvalue weighted by atomic mass is 10.3. The van der Waals surface area contributed by atoms with Gasteiger partial charge in [-0.2, -0.15) is 5.10 Å². The Morgan fingerprint density at radius 2 is 2.20 bits per heavy atom. The van der Waals surface area contributed by atoms with Crippen molar-refractivity contribution in [2.75, 3.05) is 11.9 Å². The molecule has 0 unspecified atom stereocenters. The molecule has 0 fully saturated rings. The third-order valence-corrected chi connectivity index (χ3v) is 2.94. The largest absolute Gasteiger partial charge is 0.492 e. The summed E-state index contributed by atoms with van der Waals surface area (Å²) in [4.78, 5) is 11.7. The molecular formula is C14H16ClN3O2. The molecule has 0 saturated carbocycles. The number of amides is 1. The van der Waals surface area contributed by atoms with Gasteiger partial charge in [0, 0.05) is 25.7 Å². The number of anilines is 1. The number of hydrogen-bond donors (Lipinski definition) is 1. The quantitative estimate of drug-likeness (QED) is 0.833. The van der Waals surface area contributed by atoms with Gasteiger partial charge in [0.15, 0.2) is 5.82 Å². The number of carbonyl (C=O) groups excluding carboxylic acids is 1. The van der Waals surface area contributed by atoms with E-state index >= 15 is 0 Å². The molecule has 0 saturated heterocycles. The highest BCUT2D eigenvalue weighted by Crippen LogP contribution is 2.23. The molecule has 2 rings (SSSR count). The maximum absolute atomic E-state index is 11.7. The van der Waals surface area contributed by atoms with Crippen molar-refractivity contribution in [1.82, 2.24) is 9.78 Å². The summed E-state index contributed by atoms with van der Waals surface area (Å²) in [7, 11) is 1.80. The molecule has 1 N–H and O–H groups in total. The molecule has 0 aliphatic heterocycles. The van der Waals surface area contributed by atoms with Crippen LogP contribution in [0.5, 0.6) is 5.75 Å². The van der Waals surface area contributed by atoms with Crippen LogP contribution in [0, 0.1) is 0 Å². The summed E-state index contributed by atoms with van der Waals surface area (Å²) in [5.41, 5.74) is 0. The van der Waals surface area contributed by atoms with Gasteiger partial charge in [-0.3, -0.25) is 9.48 Å². The first kappa shape index (κ1) is 14.4. The van der Waals surface area contributed by atoms with Crippen molar-refractivity contribution in [3.8, 4) is 5.75 Å². The van der Waals surface area contributed by atoms with Crippen LogP contribution in [0.1, 0.15) is 12.8 Å². The number of aromatic nitrogens is 2. The Balaban J connectivity index is 1.68. The standard InChI is InChI=1S/C14H16ClN3O2/c1-18-9-8-13(17-18)16-14(19)7-4-10-20-12-6-3-2-5-11(12)15/h2-3,5-6,8-9H,4,7,10H2,1H3,(H,16,17,19). The number of nitrogens with zero attached hydrogens (tertiary/aromatic N) is 2. The van der Waals surface area contributed by atoms with Gasteiger partial charge in [-0.05, 0) is 18.6 Å². The Hall–Kier alpha value is -2.01. The summed E-state index contributed by atoms with van der Waals surface area (Å²) in [6, 6.07) is 9.02. The average Bonchev–Trinajstić information content (AvgIpc) is 2.82. The lowest BCUT2D eigenvalue weighted by Gasteiger charge is -2.07. The Morgan fingerprint density at radius 3 is 2.90 bits per heavy atom. The van der Waals surface area contributed by atoms with Crippen molar-refractivity contribution in [3.05, 3.63) is 41.6 Å². The van der Waals surface area contributed by atoms with Gasteiger partial charge in [-0.25, -0.2) is 0 Å². The average molecular weight is 294 g/mol. The van der Waals surface area contributed by atoms with Crippen molar-refractivity contribution in [1.29, 1.82) is 0 Å².